The smallest absolute Gasteiger partial charge is 0.295 e. The van der Waals surface area contributed by atoms with Crippen molar-refractivity contribution in [2.45, 2.75) is 45.1 Å². The van der Waals surface area contributed by atoms with Crippen LogP contribution in [0.5, 0.6) is 0 Å². The summed E-state index contributed by atoms with van der Waals surface area (Å²) in [7, 11) is 1.75. The molecule has 34 heavy (non-hydrogen) atoms. The Hall–Kier alpha value is -3.94. The fraction of sp³-hybridized carbons (Fsp3) is 0.308. The van der Waals surface area contributed by atoms with Crippen molar-refractivity contribution in [1.82, 2.24) is 14.3 Å². The summed E-state index contributed by atoms with van der Waals surface area (Å²) in [5.41, 5.74) is 1.89. The molecule has 2 aromatic carbocycles. The number of aromatic nitrogens is 2. The van der Waals surface area contributed by atoms with Gasteiger partial charge in [0.05, 0.1) is 22.5 Å². The highest BCUT2D eigenvalue weighted by molar-refractivity contribution is 6.22. The number of para-hydroxylation sites is 1. The zero-order valence-corrected chi connectivity index (χ0v) is 19.2. The van der Waals surface area contributed by atoms with Crippen LogP contribution in [0, 0.1) is 6.92 Å². The fourth-order valence-corrected chi connectivity index (χ4v) is 4.97. The molecule has 1 aromatic heterocycles. The maximum absolute atomic E-state index is 13.1. The average molecular weight is 459 g/mol. The number of anilines is 1. The van der Waals surface area contributed by atoms with Crippen LogP contribution < -0.4 is 10.9 Å². The second kappa shape index (κ2) is 8.44. The summed E-state index contributed by atoms with van der Waals surface area (Å²) >= 11 is 0. The average Bonchev–Trinajstić information content (AvgIpc) is 3.23. The minimum absolute atomic E-state index is 0.0816. The van der Waals surface area contributed by atoms with E-state index in [4.69, 9.17) is 0 Å². The van der Waals surface area contributed by atoms with Gasteiger partial charge in [-0.25, -0.2) is 4.68 Å². The van der Waals surface area contributed by atoms with Crippen molar-refractivity contribution in [2.24, 2.45) is 7.05 Å². The van der Waals surface area contributed by atoms with Crippen LogP contribution in [-0.4, -0.2) is 38.0 Å². The standard InChI is InChI=1S/C26H26N4O4/c1-16-22(26(34)30(28(16)2)19-11-7-4-8-12-19)27-23(31)17-13-14-20-21(15-17)25(33)29(24(20)32)18-9-5-3-6-10-18/h4,7-8,11-15,18H,3,5-6,9-10H2,1-2H3,(H,27,31). The summed E-state index contributed by atoms with van der Waals surface area (Å²) in [6.45, 7) is 1.75. The van der Waals surface area contributed by atoms with Gasteiger partial charge in [0, 0.05) is 18.7 Å². The van der Waals surface area contributed by atoms with Gasteiger partial charge in [-0.3, -0.25) is 28.8 Å². The molecule has 1 aliphatic carbocycles. The third-order valence-corrected chi connectivity index (χ3v) is 6.91. The first-order valence-corrected chi connectivity index (χ1v) is 11.6. The number of benzene rings is 2. The molecule has 0 bridgehead atoms. The lowest BCUT2D eigenvalue weighted by Crippen LogP contribution is -2.40. The van der Waals surface area contributed by atoms with Crippen LogP contribution in [0.3, 0.4) is 0 Å². The number of hydrogen-bond acceptors (Lipinski definition) is 4. The third kappa shape index (κ3) is 3.46. The van der Waals surface area contributed by atoms with Crippen LogP contribution in [-0.2, 0) is 7.05 Å². The molecule has 0 atom stereocenters. The molecule has 174 valence electrons. The van der Waals surface area contributed by atoms with Gasteiger partial charge in [-0.15, -0.1) is 0 Å². The van der Waals surface area contributed by atoms with Gasteiger partial charge < -0.3 is 5.32 Å². The van der Waals surface area contributed by atoms with Gasteiger partial charge in [-0.05, 0) is 50.1 Å². The summed E-state index contributed by atoms with van der Waals surface area (Å²) in [6, 6.07) is 13.6. The fourth-order valence-electron chi connectivity index (χ4n) is 4.97. The van der Waals surface area contributed by atoms with Crippen molar-refractivity contribution < 1.29 is 14.4 Å². The van der Waals surface area contributed by atoms with E-state index in [-0.39, 0.29) is 40.2 Å². The molecule has 0 radical (unpaired) electrons. The third-order valence-electron chi connectivity index (χ3n) is 6.91. The Bertz CT molecular complexity index is 1360. The molecule has 1 N–H and O–H groups in total. The highest BCUT2D eigenvalue weighted by Gasteiger charge is 2.40. The summed E-state index contributed by atoms with van der Waals surface area (Å²) in [6.07, 6.45) is 4.76. The van der Waals surface area contributed by atoms with Gasteiger partial charge in [0.2, 0.25) is 0 Å². The number of amides is 3. The highest BCUT2D eigenvalue weighted by Crippen LogP contribution is 2.31. The van der Waals surface area contributed by atoms with Crippen LogP contribution in [0.25, 0.3) is 5.69 Å². The Morgan fingerprint density at radius 1 is 0.912 bits per heavy atom. The lowest BCUT2D eigenvalue weighted by Gasteiger charge is -2.29. The molecule has 0 spiro atoms. The van der Waals surface area contributed by atoms with E-state index in [1.165, 1.54) is 27.8 Å². The van der Waals surface area contributed by atoms with E-state index in [2.05, 4.69) is 5.32 Å². The van der Waals surface area contributed by atoms with Crippen molar-refractivity contribution in [2.75, 3.05) is 5.32 Å². The number of fused-ring (bicyclic) bond motifs is 1. The van der Waals surface area contributed by atoms with E-state index < -0.39 is 5.91 Å². The van der Waals surface area contributed by atoms with E-state index in [1.54, 1.807) is 18.7 Å². The molecular weight excluding hydrogens is 432 g/mol. The minimum atomic E-state index is -0.509. The number of hydrogen-bond donors (Lipinski definition) is 1. The largest absolute Gasteiger partial charge is 0.316 e. The van der Waals surface area contributed by atoms with Crippen LogP contribution >= 0.6 is 0 Å². The van der Waals surface area contributed by atoms with Crippen LogP contribution in [0.15, 0.2) is 53.3 Å². The van der Waals surface area contributed by atoms with Crippen molar-refractivity contribution in [3.63, 3.8) is 0 Å². The summed E-state index contributed by atoms with van der Waals surface area (Å²) < 4.78 is 3.16. The molecule has 8 nitrogen and oxygen atoms in total. The Morgan fingerprint density at radius 2 is 1.59 bits per heavy atom. The zero-order chi connectivity index (χ0) is 24.0. The molecule has 2 aliphatic rings. The molecular formula is C26H26N4O4. The summed E-state index contributed by atoms with van der Waals surface area (Å²) in [5, 5.41) is 2.71. The maximum Gasteiger partial charge on any atom is 0.295 e. The summed E-state index contributed by atoms with van der Waals surface area (Å²) in [5.74, 6) is -1.14. The Morgan fingerprint density at radius 3 is 2.29 bits per heavy atom. The predicted octanol–water partition coefficient (Wildman–Crippen LogP) is 3.67. The Kier molecular flexibility index (Phi) is 5.43. The molecule has 0 unspecified atom stereocenters. The van der Waals surface area contributed by atoms with Crippen molar-refractivity contribution in [3.05, 3.63) is 81.3 Å². The quantitative estimate of drug-likeness (QED) is 0.604. The number of rotatable bonds is 4. The molecule has 1 fully saturated rings. The predicted molar refractivity (Wildman–Crippen MR) is 128 cm³/mol. The zero-order valence-electron chi connectivity index (χ0n) is 19.2. The summed E-state index contributed by atoms with van der Waals surface area (Å²) in [4.78, 5) is 53.5. The van der Waals surface area contributed by atoms with Crippen molar-refractivity contribution in [3.8, 4) is 5.69 Å². The van der Waals surface area contributed by atoms with E-state index in [0.717, 1.165) is 32.1 Å². The number of carbonyl (C=O) groups is 3. The molecule has 3 aromatic rings. The lowest BCUT2D eigenvalue weighted by molar-refractivity contribution is 0.0549. The minimum Gasteiger partial charge on any atom is -0.316 e. The maximum atomic E-state index is 13.1. The van der Waals surface area contributed by atoms with E-state index in [9.17, 15) is 19.2 Å². The normalized spacial score (nSPS) is 16.1. The molecule has 2 heterocycles. The first-order valence-electron chi connectivity index (χ1n) is 11.6. The van der Waals surface area contributed by atoms with Crippen LogP contribution in [0.4, 0.5) is 5.69 Å². The molecule has 0 saturated heterocycles. The monoisotopic (exact) mass is 458 g/mol. The van der Waals surface area contributed by atoms with E-state index in [1.807, 2.05) is 30.3 Å². The van der Waals surface area contributed by atoms with Gasteiger partial charge in [0.1, 0.15) is 5.69 Å². The molecule has 3 amide bonds. The van der Waals surface area contributed by atoms with Gasteiger partial charge in [0.25, 0.3) is 23.3 Å². The lowest BCUT2D eigenvalue weighted by atomic mass is 9.94. The second-order valence-electron chi connectivity index (χ2n) is 8.92. The number of imide groups is 1. The highest BCUT2D eigenvalue weighted by atomic mass is 16.2. The Labute approximate surface area is 196 Å². The number of nitrogens with zero attached hydrogens (tertiary/aromatic N) is 3. The van der Waals surface area contributed by atoms with E-state index in [0.29, 0.717) is 16.9 Å². The van der Waals surface area contributed by atoms with Crippen LogP contribution in [0.1, 0.15) is 68.9 Å². The molecule has 5 rings (SSSR count). The van der Waals surface area contributed by atoms with E-state index >= 15 is 0 Å². The first kappa shape index (κ1) is 21.9. The number of nitrogens with one attached hydrogen (secondary N) is 1. The van der Waals surface area contributed by atoms with Crippen LogP contribution in [0.2, 0.25) is 0 Å². The van der Waals surface area contributed by atoms with Gasteiger partial charge in [-0.2, -0.15) is 0 Å². The topological polar surface area (TPSA) is 93.4 Å². The SMILES string of the molecule is Cc1c(NC(=O)c2ccc3c(c2)C(=O)N(C2CCCCC2)C3=O)c(=O)n(-c2ccccc2)n1C. The van der Waals surface area contributed by atoms with Gasteiger partial charge in [0.15, 0.2) is 0 Å². The van der Waals surface area contributed by atoms with Gasteiger partial charge in [-0.1, -0.05) is 37.5 Å². The van der Waals surface area contributed by atoms with Gasteiger partial charge >= 0.3 is 0 Å². The second-order valence-corrected chi connectivity index (χ2v) is 8.92. The first-order chi connectivity index (χ1) is 16.4. The molecule has 1 saturated carbocycles. The van der Waals surface area contributed by atoms with Crippen molar-refractivity contribution >= 4 is 23.4 Å². The molecule has 8 heteroatoms. The number of carbonyl (C=O) groups excluding carboxylic acids is 3. The van der Waals surface area contributed by atoms with Crippen molar-refractivity contribution in [1.29, 1.82) is 0 Å². The Balaban J connectivity index is 1.43. The molecule has 1 aliphatic heterocycles.